The summed E-state index contributed by atoms with van der Waals surface area (Å²) in [5, 5.41) is 0.186. The molecule has 0 radical (unpaired) electrons. The van der Waals surface area contributed by atoms with Gasteiger partial charge >= 0.3 is 6.36 Å². The Morgan fingerprint density at radius 2 is 1.86 bits per heavy atom. The molecule has 0 unspecified atom stereocenters. The number of rotatable bonds is 9. The number of carbonyl (C=O) groups is 1. The van der Waals surface area contributed by atoms with Crippen molar-refractivity contribution < 1.29 is 31.8 Å². The Morgan fingerprint density at radius 3 is 2.50 bits per heavy atom. The van der Waals surface area contributed by atoms with Crippen LogP contribution in [-0.2, 0) is 6.54 Å². The fourth-order valence-electron chi connectivity index (χ4n) is 4.41. The molecule has 2 aromatic rings. The topological polar surface area (TPSA) is 50.8 Å². The minimum atomic E-state index is -4.77. The summed E-state index contributed by atoms with van der Waals surface area (Å²) in [6.07, 6.45) is 0.579. The minimum Gasteiger partial charge on any atom is -0.493 e. The first-order valence-electron chi connectivity index (χ1n) is 11.7. The van der Waals surface area contributed by atoms with E-state index in [0.717, 1.165) is 62.4 Å². The van der Waals surface area contributed by atoms with Crippen LogP contribution in [0.3, 0.4) is 0 Å². The number of likely N-dealkylation sites (tertiary alicyclic amines) is 1. The van der Waals surface area contributed by atoms with Gasteiger partial charge in [-0.2, -0.15) is 0 Å². The molecule has 1 aliphatic heterocycles. The number of alkyl halides is 3. The van der Waals surface area contributed by atoms with Crippen LogP contribution in [0.15, 0.2) is 30.3 Å². The van der Waals surface area contributed by atoms with Crippen LogP contribution in [0, 0.1) is 11.7 Å². The van der Waals surface area contributed by atoms with E-state index in [-0.39, 0.29) is 28.2 Å². The summed E-state index contributed by atoms with van der Waals surface area (Å²) in [4.78, 5) is 14.3. The van der Waals surface area contributed by atoms with Crippen LogP contribution < -0.4 is 14.2 Å². The van der Waals surface area contributed by atoms with Gasteiger partial charge in [0.05, 0.1) is 12.2 Å². The number of halogens is 5. The first-order valence-corrected chi connectivity index (χ1v) is 13.3. The SMILES string of the molecule is CSNC(=O)c1cc(C2CC2)c(OCC2CCN(Cc3cc(Cl)cc(OC(F)(F)F)c3)CC2)cc1F. The van der Waals surface area contributed by atoms with Gasteiger partial charge in [0, 0.05) is 23.9 Å². The molecule has 0 bridgehead atoms. The minimum absolute atomic E-state index is 0.0247. The Bertz CT molecular complexity index is 1090. The van der Waals surface area contributed by atoms with Gasteiger partial charge in [0.15, 0.2) is 0 Å². The number of ether oxygens (including phenoxy) is 2. The van der Waals surface area contributed by atoms with Gasteiger partial charge in [-0.3, -0.25) is 14.4 Å². The van der Waals surface area contributed by atoms with E-state index in [4.69, 9.17) is 16.3 Å². The Balaban J connectivity index is 1.32. The highest BCUT2D eigenvalue weighted by molar-refractivity contribution is 7.97. The molecule has 0 spiro atoms. The lowest BCUT2D eigenvalue weighted by Gasteiger charge is -2.32. The summed E-state index contributed by atoms with van der Waals surface area (Å²) in [6.45, 7) is 2.38. The third kappa shape index (κ3) is 7.43. The molecular formula is C25H27ClF4N2O3S. The van der Waals surface area contributed by atoms with E-state index in [1.165, 1.54) is 12.1 Å². The molecule has 1 saturated heterocycles. The third-order valence-electron chi connectivity index (χ3n) is 6.31. The fraction of sp³-hybridized carbons (Fsp3) is 0.480. The zero-order valence-corrected chi connectivity index (χ0v) is 21.2. The van der Waals surface area contributed by atoms with Gasteiger partial charge < -0.3 is 9.47 Å². The molecule has 0 aromatic heterocycles. The molecule has 1 amide bonds. The number of amides is 1. The lowest BCUT2D eigenvalue weighted by Crippen LogP contribution is -2.35. The maximum absolute atomic E-state index is 14.6. The molecule has 5 nitrogen and oxygen atoms in total. The monoisotopic (exact) mass is 546 g/mol. The van der Waals surface area contributed by atoms with Crippen LogP contribution >= 0.6 is 23.5 Å². The number of benzene rings is 2. The molecule has 0 atom stereocenters. The molecule has 196 valence electrons. The van der Waals surface area contributed by atoms with E-state index in [0.29, 0.717) is 24.5 Å². The molecule has 2 aromatic carbocycles. The number of piperidine rings is 1. The van der Waals surface area contributed by atoms with Crippen LogP contribution in [-0.4, -0.2) is 43.1 Å². The molecule has 1 saturated carbocycles. The quantitative estimate of drug-likeness (QED) is 0.285. The number of hydrogen-bond acceptors (Lipinski definition) is 5. The maximum Gasteiger partial charge on any atom is 0.573 e. The lowest BCUT2D eigenvalue weighted by atomic mass is 9.97. The van der Waals surface area contributed by atoms with Crippen LogP contribution in [0.1, 0.15) is 53.1 Å². The van der Waals surface area contributed by atoms with E-state index in [2.05, 4.69) is 14.4 Å². The summed E-state index contributed by atoms with van der Waals surface area (Å²) in [5.41, 5.74) is 1.54. The Labute approximate surface area is 216 Å². The second-order valence-corrected chi connectivity index (χ2v) is 10.2. The zero-order valence-electron chi connectivity index (χ0n) is 19.7. The van der Waals surface area contributed by atoms with E-state index >= 15 is 0 Å². The summed E-state index contributed by atoms with van der Waals surface area (Å²) >= 11 is 7.10. The van der Waals surface area contributed by atoms with Gasteiger partial charge in [-0.1, -0.05) is 23.5 Å². The van der Waals surface area contributed by atoms with Gasteiger partial charge in [0.2, 0.25) is 0 Å². The maximum atomic E-state index is 14.6. The first kappa shape index (κ1) is 26.9. The largest absolute Gasteiger partial charge is 0.573 e. The average molecular weight is 547 g/mol. The molecular weight excluding hydrogens is 520 g/mol. The van der Waals surface area contributed by atoms with Crippen LogP contribution in [0.2, 0.25) is 5.02 Å². The van der Waals surface area contributed by atoms with Gasteiger partial charge in [-0.15, -0.1) is 13.2 Å². The van der Waals surface area contributed by atoms with E-state index in [1.54, 1.807) is 18.4 Å². The summed E-state index contributed by atoms with van der Waals surface area (Å²) in [5.74, 6) is -0.353. The standard InChI is InChI=1S/C25H27ClF4N2O3S/c1-36-31-24(33)21-11-20(17-2-3-17)23(12-22(21)27)34-14-15-4-6-32(7-5-15)13-16-8-18(26)10-19(9-16)35-25(28,29)30/h8-12,15,17H,2-7,13-14H2,1H3,(H,31,33). The Kier molecular flexibility index (Phi) is 8.57. The number of nitrogens with zero attached hydrogens (tertiary/aromatic N) is 1. The van der Waals surface area contributed by atoms with Crippen molar-refractivity contribution in [1.29, 1.82) is 0 Å². The van der Waals surface area contributed by atoms with Crippen molar-refractivity contribution in [3.63, 3.8) is 0 Å². The zero-order chi connectivity index (χ0) is 25.9. The van der Waals surface area contributed by atoms with Crippen molar-refractivity contribution in [1.82, 2.24) is 9.62 Å². The van der Waals surface area contributed by atoms with Crippen molar-refractivity contribution in [2.75, 3.05) is 26.0 Å². The fourth-order valence-corrected chi connectivity index (χ4v) is 4.96. The molecule has 1 heterocycles. The second-order valence-electron chi connectivity index (χ2n) is 9.15. The van der Waals surface area contributed by atoms with E-state index in [1.807, 2.05) is 0 Å². The molecule has 1 aliphatic carbocycles. The van der Waals surface area contributed by atoms with Crippen molar-refractivity contribution in [3.8, 4) is 11.5 Å². The summed E-state index contributed by atoms with van der Waals surface area (Å²) in [6, 6.07) is 7.06. The van der Waals surface area contributed by atoms with Crippen molar-refractivity contribution in [3.05, 3.63) is 57.9 Å². The third-order valence-corrected chi connectivity index (χ3v) is 6.92. The van der Waals surface area contributed by atoms with E-state index < -0.39 is 18.1 Å². The van der Waals surface area contributed by atoms with Gasteiger partial charge in [-0.05, 0) is 86.0 Å². The van der Waals surface area contributed by atoms with Gasteiger partial charge in [0.25, 0.3) is 5.91 Å². The molecule has 4 rings (SSSR count). The number of carbonyl (C=O) groups excluding carboxylic acids is 1. The summed E-state index contributed by atoms with van der Waals surface area (Å²) in [7, 11) is 0. The average Bonchev–Trinajstić information content (AvgIpc) is 3.62. The molecule has 1 N–H and O–H groups in total. The van der Waals surface area contributed by atoms with Crippen LogP contribution in [0.25, 0.3) is 0 Å². The Hall–Kier alpha value is -2.17. The highest BCUT2D eigenvalue weighted by Gasteiger charge is 2.32. The molecule has 2 fully saturated rings. The molecule has 36 heavy (non-hydrogen) atoms. The Morgan fingerprint density at radius 1 is 1.14 bits per heavy atom. The normalized spacial score (nSPS) is 17.2. The summed E-state index contributed by atoms with van der Waals surface area (Å²) < 4.78 is 64.9. The number of hydrogen-bond donors (Lipinski definition) is 1. The van der Waals surface area contributed by atoms with Gasteiger partial charge in [0.1, 0.15) is 17.3 Å². The van der Waals surface area contributed by atoms with Crippen LogP contribution in [0.4, 0.5) is 17.6 Å². The smallest absolute Gasteiger partial charge is 0.493 e. The van der Waals surface area contributed by atoms with Crippen molar-refractivity contribution in [2.45, 2.75) is 44.5 Å². The highest BCUT2D eigenvalue weighted by atomic mass is 35.5. The van der Waals surface area contributed by atoms with Crippen molar-refractivity contribution >= 4 is 29.5 Å². The van der Waals surface area contributed by atoms with Crippen molar-refractivity contribution in [2.24, 2.45) is 5.92 Å². The second kappa shape index (κ2) is 11.5. The lowest BCUT2D eigenvalue weighted by molar-refractivity contribution is -0.274. The first-order chi connectivity index (χ1) is 17.1. The number of nitrogens with one attached hydrogen (secondary N) is 1. The highest BCUT2D eigenvalue weighted by Crippen LogP contribution is 2.45. The molecule has 2 aliphatic rings. The predicted molar refractivity (Wildman–Crippen MR) is 131 cm³/mol. The van der Waals surface area contributed by atoms with E-state index in [9.17, 15) is 22.4 Å². The molecule has 11 heteroatoms. The van der Waals surface area contributed by atoms with Gasteiger partial charge in [-0.25, -0.2) is 4.39 Å². The predicted octanol–water partition coefficient (Wildman–Crippen LogP) is 6.55. The van der Waals surface area contributed by atoms with Crippen LogP contribution in [0.5, 0.6) is 11.5 Å².